The number of hydrogen-bond donors (Lipinski definition) is 1. The number of carbonyl (C=O) groups is 1. The van der Waals surface area contributed by atoms with Crippen LogP contribution in [-0.2, 0) is 30.9 Å². The van der Waals surface area contributed by atoms with Crippen LogP contribution in [0.3, 0.4) is 0 Å². The molecule has 278 valence electrons. The van der Waals surface area contributed by atoms with Gasteiger partial charge in [0, 0.05) is 34.0 Å². The fourth-order valence-electron chi connectivity index (χ4n) is 7.31. The van der Waals surface area contributed by atoms with Crippen LogP contribution in [0.15, 0.2) is 103 Å². The normalized spacial score (nSPS) is 17.0. The smallest absolute Gasteiger partial charge is 0.410 e. The molecular weight excluding hydrogens is 859 g/mol. The lowest BCUT2D eigenvalue weighted by molar-refractivity contribution is 0.0699. The first-order valence-corrected chi connectivity index (χ1v) is 20.1. The maximum atomic E-state index is 13.2. The van der Waals surface area contributed by atoms with Crippen LogP contribution >= 0.6 is 55.1 Å². The molecule has 6 aromatic rings. The SMILES string of the molecule is CC1Cn2c(nc3cc(Br)ccc3c2=O)CN1.CC1Cn2c(nc3cc(Br)ccc3c2=O)CN1C(=O)OCC1c2ccccc2-c2ccccc21.ClCCl. The molecule has 0 fully saturated rings. The number of alkyl halides is 2. The Labute approximate surface area is 338 Å². The van der Waals surface area contributed by atoms with Gasteiger partial charge < -0.3 is 10.1 Å². The molecule has 3 aliphatic rings. The molecule has 2 aromatic heterocycles. The van der Waals surface area contributed by atoms with Gasteiger partial charge in [-0.1, -0.05) is 80.4 Å². The third-order valence-electron chi connectivity index (χ3n) is 9.92. The third kappa shape index (κ3) is 7.59. The van der Waals surface area contributed by atoms with Crippen molar-refractivity contribution in [3.8, 4) is 11.1 Å². The molecule has 0 spiro atoms. The van der Waals surface area contributed by atoms with Crippen molar-refractivity contribution in [3.63, 3.8) is 0 Å². The van der Waals surface area contributed by atoms with Crippen molar-refractivity contribution in [2.75, 3.05) is 11.9 Å². The van der Waals surface area contributed by atoms with Crippen LogP contribution < -0.4 is 16.4 Å². The molecule has 1 amide bonds. The van der Waals surface area contributed by atoms with E-state index in [1.165, 1.54) is 22.3 Å². The summed E-state index contributed by atoms with van der Waals surface area (Å²) in [6.45, 7) is 6.23. The highest BCUT2D eigenvalue weighted by Gasteiger charge is 2.33. The molecule has 54 heavy (non-hydrogen) atoms. The summed E-state index contributed by atoms with van der Waals surface area (Å²) < 4.78 is 11.1. The second kappa shape index (κ2) is 16.3. The quantitative estimate of drug-likeness (QED) is 0.174. The fraction of sp³-hybridized carbons (Fsp3) is 0.275. The van der Waals surface area contributed by atoms with Gasteiger partial charge in [0.15, 0.2) is 0 Å². The molecule has 2 atom stereocenters. The molecule has 0 saturated carbocycles. The van der Waals surface area contributed by atoms with Crippen molar-refractivity contribution >= 4 is 83.0 Å². The van der Waals surface area contributed by atoms with E-state index in [0.717, 1.165) is 20.3 Å². The van der Waals surface area contributed by atoms with Crippen molar-refractivity contribution in [2.45, 2.75) is 58.0 Å². The molecule has 14 heteroatoms. The van der Waals surface area contributed by atoms with E-state index >= 15 is 0 Å². The Morgan fingerprint density at radius 1 is 0.796 bits per heavy atom. The second-order valence-electron chi connectivity index (χ2n) is 13.4. The zero-order valence-corrected chi connectivity index (χ0v) is 34.1. The van der Waals surface area contributed by atoms with Crippen LogP contribution in [0.2, 0.25) is 0 Å². The number of hydrogen-bond acceptors (Lipinski definition) is 7. The summed E-state index contributed by atoms with van der Waals surface area (Å²) in [7, 11) is 0. The number of amides is 1. The second-order valence-corrected chi connectivity index (χ2v) is 16.0. The zero-order chi connectivity index (χ0) is 38.1. The summed E-state index contributed by atoms with van der Waals surface area (Å²) in [5.74, 6) is 1.40. The van der Waals surface area contributed by atoms with Gasteiger partial charge in [-0.05, 0) is 72.5 Å². The highest BCUT2D eigenvalue weighted by molar-refractivity contribution is 9.10. The lowest BCUT2D eigenvalue weighted by Gasteiger charge is -2.34. The van der Waals surface area contributed by atoms with E-state index in [0.29, 0.717) is 47.8 Å². The highest BCUT2D eigenvalue weighted by atomic mass is 79.9. The molecule has 4 aromatic carbocycles. The summed E-state index contributed by atoms with van der Waals surface area (Å²) in [4.78, 5) is 49.4. The van der Waals surface area contributed by atoms with Gasteiger partial charge in [0.25, 0.3) is 11.1 Å². The Hall–Kier alpha value is -4.07. The number of aromatic nitrogens is 4. The minimum Gasteiger partial charge on any atom is -0.448 e. The van der Waals surface area contributed by atoms with Gasteiger partial charge in [0.2, 0.25) is 0 Å². The first-order valence-electron chi connectivity index (χ1n) is 17.4. The monoisotopic (exact) mass is 892 g/mol. The van der Waals surface area contributed by atoms with Crippen molar-refractivity contribution in [3.05, 3.63) is 137 Å². The standard InChI is InChI=1S/C27H22BrN3O3.C12H12BrN3O.CH2Cl2/c1-16-13-31-25(29-24-12-17(28)10-11-22(24)26(31)32)14-30(16)27(33)34-15-23-20-8-4-2-6-18(20)19-7-3-5-9-21(19)23;1-7-6-16-11(5-14-7)15-10-4-8(13)2-3-9(10)12(16)17;2-1-3/h2-12,16,23H,13-15H2,1H3;2-4,7,14H,5-6H2,1H3;1H2. The minimum atomic E-state index is -0.385. The number of halogens is 4. The van der Waals surface area contributed by atoms with Crippen LogP contribution in [0.1, 0.15) is 42.5 Å². The van der Waals surface area contributed by atoms with Gasteiger partial charge in [0.1, 0.15) is 18.3 Å². The number of ether oxygens (including phenoxy) is 1. The number of nitrogens with zero attached hydrogens (tertiary/aromatic N) is 5. The Morgan fingerprint density at radius 3 is 1.89 bits per heavy atom. The Kier molecular flexibility index (Phi) is 11.6. The topological polar surface area (TPSA) is 111 Å². The van der Waals surface area contributed by atoms with Crippen molar-refractivity contribution in [1.82, 2.24) is 29.3 Å². The van der Waals surface area contributed by atoms with Crippen LogP contribution in [0, 0.1) is 0 Å². The molecule has 2 unspecified atom stereocenters. The highest BCUT2D eigenvalue weighted by Crippen LogP contribution is 2.44. The van der Waals surface area contributed by atoms with E-state index in [1.54, 1.807) is 20.1 Å². The maximum Gasteiger partial charge on any atom is 0.410 e. The molecule has 0 bridgehead atoms. The summed E-state index contributed by atoms with van der Waals surface area (Å²) in [6.07, 6.45) is -0.385. The van der Waals surface area contributed by atoms with E-state index in [4.69, 9.17) is 27.9 Å². The molecule has 9 rings (SSSR count). The largest absolute Gasteiger partial charge is 0.448 e. The first-order chi connectivity index (χ1) is 26.1. The predicted molar refractivity (Wildman–Crippen MR) is 220 cm³/mol. The van der Waals surface area contributed by atoms with Crippen LogP contribution in [-0.4, -0.2) is 54.1 Å². The van der Waals surface area contributed by atoms with Crippen LogP contribution in [0.4, 0.5) is 4.79 Å². The van der Waals surface area contributed by atoms with Gasteiger partial charge in [-0.25, -0.2) is 14.8 Å². The van der Waals surface area contributed by atoms with Crippen molar-refractivity contribution in [1.29, 1.82) is 0 Å². The minimum absolute atomic E-state index is 0.00534. The number of rotatable bonds is 2. The third-order valence-corrected chi connectivity index (χ3v) is 10.9. The van der Waals surface area contributed by atoms with Crippen molar-refractivity contribution < 1.29 is 9.53 Å². The van der Waals surface area contributed by atoms with Crippen LogP contribution in [0.25, 0.3) is 32.9 Å². The molecule has 4 heterocycles. The number of benzene rings is 4. The lowest BCUT2D eigenvalue weighted by Crippen LogP contribution is -2.48. The Bertz CT molecular complexity index is 2470. The molecule has 1 aliphatic carbocycles. The van der Waals surface area contributed by atoms with E-state index in [2.05, 4.69) is 78.3 Å². The summed E-state index contributed by atoms with van der Waals surface area (Å²) in [5.41, 5.74) is 6.11. The Balaban J connectivity index is 0.000000188. The molecule has 10 nitrogen and oxygen atoms in total. The lowest BCUT2D eigenvalue weighted by atomic mass is 9.98. The Morgan fingerprint density at radius 2 is 1.31 bits per heavy atom. The van der Waals surface area contributed by atoms with E-state index in [-0.39, 0.29) is 47.7 Å². The van der Waals surface area contributed by atoms with Gasteiger partial charge in [0.05, 0.1) is 46.3 Å². The van der Waals surface area contributed by atoms with E-state index in [1.807, 2.05) is 61.5 Å². The summed E-state index contributed by atoms with van der Waals surface area (Å²) in [5, 5.41) is 4.77. The number of nitrogens with one attached hydrogen (secondary N) is 1. The summed E-state index contributed by atoms with van der Waals surface area (Å²) >= 11 is 16.4. The predicted octanol–water partition coefficient (Wildman–Crippen LogP) is 8.38. The number of carbonyl (C=O) groups excluding carboxylic acids is 1. The number of fused-ring (bicyclic) bond motifs is 7. The molecule has 0 saturated heterocycles. The molecule has 2 aliphatic heterocycles. The molecule has 1 N–H and O–H groups in total. The van der Waals surface area contributed by atoms with Gasteiger partial charge in [-0.2, -0.15) is 0 Å². The molecule has 0 radical (unpaired) electrons. The van der Waals surface area contributed by atoms with E-state index < -0.39 is 0 Å². The zero-order valence-electron chi connectivity index (χ0n) is 29.4. The van der Waals surface area contributed by atoms with Crippen molar-refractivity contribution in [2.24, 2.45) is 0 Å². The first kappa shape index (κ1) is 38.2. The van der Waals surface area contributed by atoms with Gasteiger partial charge in [-0.3, -0.25) is 23.6 Å². The van der Waals surface area contributed by atoms with Crippen LogP contribution in [0.5, 0.6) is 0 Å². The fourth-order valence-corrected chi connectivity index (χ4v) is 8.01. The summed E-state index contributed by atoms with van der Waals surface area (Å²) in [6, 6.07) is 27.7. The van der Waals surface area contributed by atoms with E-state index in [9.17, 15) is 14.4 Å². The van der Waals surface area contributed by atoms with Gasteiger partial charge in [-0.15, -0.1) is 23.2 Å². The van der Waals surface area contributed by atoms with Gasteiger partial charge >= 0.3 is 6.09 Å². The molecular formula is C40H36Br2Cl2N6O4. The average Bonchev–Trinajstić information content (AvgIpc) is 3.48. The maximum absolute atomic E-state index is 13.2. The average molecular weight is 895 g/mol.